The Kier molecular flexibility index (Phi) is 3.51. The maximum absolute atomic E-state index is 12.4. The van der Waals surface area contributed by atoms with E-state index in [2.05, 4.69) is 9.97 Å². The van der Waals surface area contributed by atoms with E-state index < -0.39 is 10.0 Å². The molecule has 1 aromatic heterocycles. The molecule has 1 aliphatic rings. The molecule has 2 atom stereocenters. The summed E-state index contributed by atoms with van der Waals surface area (Å²) in [4.78, 5) is 7.48. The summed E-state index contributed by atoms with van der Waals surface area (Å²) in [7, 11) is -3.59. The second-order valence-corrected chi connectivity index (χ2v) is 6.24. The average Bonchev–Trinajstić information content (AvgIpc) is 2.32. The zero-order chi connectivity index (χ0) is 13.3. The van der Waals surface area contributed by atoms with Gasteiger partial charge < -0.3 is 10.5 Å². The third-order valence-corrected chi connectivity index (χ3v) is 4.74. The molecule has 1 aliphatic heterocycles. The van der Waals surface area contributed by atoms with Crippen LogP contribution in [0.15, 0.2) is 17.3 Å². The van der Waals surface area contributed by atoms with E-state index in [0.29, 0.717) is 13.2 Å². The number of ether oxygens (including phenoxy) is 1. The molecule has 0 spiro atoms. The Hall–Kier alpha value is -1.25. The van der Waals surface area contributed by atoms with Crippen molar-refractivity contribution in [3.05, 3.63) is 12.4 Å². The standard InChI is InChI=1S/C10H16N4O3S/c1-7-6-17-8(2)5-14(7)18(15,16)9-3-12-10(11)13-4-9/h3-4,7-8H,5-6H2,1-2H3,(H2,11,12,13). The average molecular weight is 272 g/mol. The maximum atomic E-state index is 12.4. The van der Waals surface area contributed by atoms with Crippen molar-refractivity contribution in [2.75, 3.05) is 18.9 Å². The van der Waals surface area contributed by atoms with Gasteiger partial charge in [-0.25, -0.2) is 18.4 Å². The Morgan fingerprint density at radius 3 is 2.61 bits per heavy atom. The lowest BCUT2D eigenvalue weighted by molar-refractivity contribution is -0.0170. The number of nitrogens with zero attached hydrogens (tertiary/aromatic N) is 3. The smallest absolute Gasteiger partial charge is 0.246 e. The van der Waals surface area contributed by atoms with E-state index >= 15 is 0 Å². The van der Waals surface area contributed by atoms with Gasteiger partial charge in [-0.1, -0.05) is 0 Å². The summed E-state index contributed by atoms with van der Waals surface area (Å²) in [5.41, 5.74) is 5.35. The van der Waals surface area contributed by atoms with E-state index in [-0.39, 0.29) is 23.0 Å². The Bertz CT molecular complexity index is 516. The second-order valence-electron chi connectivity index (χ2n) is 4.34. The SMILES string of the molecule is CC1CN(S(=O)(=O)c2cnc(N)nc2)C(C)CO1. The molecule has 18 heavy (non-hydrogen) atoms. The topological polar surface area (TPSA) is 98.4 Å². The first-order valence-electron chi connectivity index (χ1n) is 5.62. The van der Waals surface area contributed by atoms with E-state index in [0.717, 1.165) is 0 Å². The van der Waals surface area contributed by atoms with Crippen LogP contribution in [0.3, 0.4) is 0 Å². The monoisotopic (exact) mass is 272 g/mol. The van der Waals surface area contributed by atoms with Crippen LogP contribution in [-0.4, -0.2) is 48.0 Å². The highest BCUT2D eigenvalue weighted by molar-refractivity contribution is 7.89. The summed E-state index contributed by atoms with van der Waals surface area (Å²) in [5.74, 6) is 0.0531. The second kappa shape index (κ2) is 4.79. The lowest BCUT2D eigenvalue weighted by Crippen LogP contribution is -2.50. The summed E-state index contributed by atoms with van der Waals surface area (Å²) in [5, 5.41) is 0. The highest BCUT2D eigenvalue weighted by Gasteiger charge is 2.34. The molecule has 2 unspecified atom stereocenters. The Labute approximate surface area is 106 Å². The molecule has 1 fully saturated rings. The minimum atomic E-state index is -3.59. The number of anilines is 1. The van der Waals surface area contributed by atoms with Crippen molar-refractivity contribution >= 4 is 16.0 Å². The fourth-order valence-corrected chi connectivity index (χ4v) is 3.39. The summed E-state index contributed by atoms with van der Waals surface area (Å²) >= 11 is 0. The summed E-state index contributed by atoms with van der Waals surface area (Å²) in [6.45, 7) is 4.36. The van der Waals surface area contributed by atoms with Crippen LogP contribution >= 0.6 is 0 Å². The van der Waals surface area contributed by atoms with Crippen molar-refractivity contribution in [2.24, 2.45) is 0 Å². The molecule has 0 bridgehead atoms. The van der Waals surface area contributed by atoms with Crippen LogP contribution in [0.2, 0.25) is 0 Å². The van der Waals surface area contributed by atoms with Gasteiger partial charge in [-0.2, -0.15) is 4.31 Å². The molecular formula is C10H16N4O3S. The zero-order valence-corrected chi connectivity index (χ0v) is 11.1. The van der Waals surface area contributed by atoms with Crippen LogP contribution in [0.5, 0.6) is 0 Å². The lowest BCUT2D eigenvalue weighted by Gasteiger charge is -2.35. The molecule has 2 rings (SSSR count). The summed E-state index contributed by atoms with van der Waals surface area (Å²) in [6.07, 6.45) is 2.33. The number of aromatic nitrogens is 2. The minimum absolute atomic E-state index is 0.0531. The van der Waals surface area contributed by atoms with Gasteiger partial charge in [0.2, 0.25) is 16.0 Å². The first-order chi connectivity index (χ1) is 8.41. The first kappa shape index (κ1) is 13.2. The van der Waals surface area contributed by atoms with Crippen LogP contribution in [0.1, 0.15) is 13.8 Å². The predicted molar refractivity (Wildman–Crippen MR) is 65.2 cm³/mol. The summed E-state index contributed by atoms with van der Waals surface area (Å²) < 4.78 is 31.6. The van der Waals surface area contributed by atoms with Crippen molar-refractivity contribution < 1.29 is 13.2 Å². The number of sulfonamides is 1. The molecule has 8 heteroatoms. The van der Waals surface area contributed by atoms with Gasteiger partial charge in [0.15, 0.2) is 0 Å². The molecule has 0 amide bonds. The fraction of sp³-hybridized carbons (Fsp3) is 0.600. The van der Waals surface area contributed by atoms with Gasteiger partial charge in [0, 0.05) is 12.6 Å². The van der Waals surface area contributed by atoms with Crippen LogP contribution in [0, 0.1) is 0 Å². The molecule has 0 aromatic carbocycles. The van der Waals surface area contributed by atoms with Crippen molar-refractivity contribution in [1.29, 1.82) is 0 Å². The molecule has 7 nitrogen and oxygen atoms in total. The van der Waals surface area contributed by atoms with Crippen molar-refractivity contribution in [2.45, 2.75) is 30.9 Å². The Balaban J connectivity index is 2.32. The Morgan fingerprint density at radius 2 is 2.00 bits per heavy atom. The normalized spacial score (nSPS) is 26.1. The van der Waals surface area contributed by atoms with E-state index in [1.54, 1.807) is 0 Å². The fourth-order valence-electron chi connectivity index (χ4n) is 1.80. The number of nitrogen functional groups attached to an aromatic ring is 1. The van der Waals surface area contributed by atoms with Crippen LogP contribution < -0.4 is 5.73 Å². The third-order valence-electron chi connectivity index (χ3n) is 2.81. The molecule has 0 aliphatic carbocycles. The largest absolute Gasteiger partial charge is 0.375 e. The molecule has 0 saturated carbocycles. The van der Waals surface area contributed by atoms with Gasteiger partial charge in [0.25, 0.3) is 0 Å². The minimum Gasteiger partial charge on any atom is -0.375 e. The molecule has 1 saturated heterocycles. The van der Waals surface area contributed by atoms with Gasteiger partial charge in [0.05, 0.1) is 25.1 Å². The number of hydrogen-bond donors (Lipinski definition) is 1. The molecular weight excluding hydrogens is 256 g/mol. The van der Waals surface area contributed by atoms with Crippen LogP contribution in [0.4, 0.5) is 5.95 Å². The van der Waals surface area contributed by atoms with E-state index in [1.165, 1.54) is 16.7 Å². The quantitative estimate of drug-likeness (QED) is 0.804. The van der Waals surface area contributed by atoms with Crippen LogP contribution in [-0.2, 0) is 14.8 Å². The van der Waals surface area contributed by atoms with Crippen molar-refractivity contribution in [3.63, 3.8) is 0 Å². The number of nitrogens with two attached hydrogens (primary N) is 1. The Morgan fingerprint density at radius 1 is 1.39 bits per heavy atom. The van der Waals surface area contributed by atoms with E-state index in [1.807, 2.05) is 13.8 Å². The number of rotatable bonds is 2. The molecule has 2 heterocycles. The van der Waals surface area contributed by atoms with Crippen molar-refractivity contribution in [1.82, 2.24) is 14.3 Å². The maximum Gasteiger partial charge on any atom is 0.246 e. The van der Waals surface area contributed by atoms with E-state index in [9.17, 15) is 8.42 Å². The molecule has 0 radical (unpaired) electrons. The first-order valence-corrected chi connectivity index (χ1v) is 7.06. The number of morpholine rings is 1. The number of hydrogen-bond acceptors (Lipinski definition) is 6. The van der Waals surface area contributed by atoms with Crippen LogP contribution in [0.25, 0.3) is 0 Å². The van der Waals surface area contributed by atoms with Gasteiger partial charge in [-0.3, -0.25) is 0 Å². The third kappa shape index (κ3) is 2.45. The molecule has 2 N–H and O–H groups in total. The lowest BCUT2D eigenvalue weighted by atomic mass is 10.2. The van der Waals surface area contributed by atoms with Gasteiger partial charge >= 0.3 is 0 Å². The highest BCUT2D eigenvalue weighted by atomic mass is 32.2. The highest BCUT2D eigenvalue weighted by Crippen LogP contribution is 2.21. The predicted octanol–water partition coefficient (Wildman–Crippen LogP) is -0.143. The zero-order valence-electron chi connectivity index (χ0n) is 10.3. The summed E-state index contributed by atoms with van der Waals surface area (Å²) in [6, 6.07) is -0.205. The molecule has 100 valence electrons. The molecule has 1 aromatic rings. The van der Waals surface area contributed by atoms with E-state index in [4.69, 9.17) is 10.5 Å². The van der Waals surface area contributed by atoms with Gasteiger partial charge in [-0.05, 0) is 13.8 Å². The van der Waals surface area contributed by atoms with Crippen molar-refractivity contribution in [3.8, 4) is 0 Å². The van der Waals surface area contributed by atoms with Gasteiger partial charge in [-0.15, -0.1) is 0 Å². The van der Waals surface area contributed by atoms with Gasteiger partial charge in [0.1, 0.15) is 4.90 Å².